The Morgan fingerprint density at radius 1 is 1.24 bits per heavy atom. The van der Waals surface area contributed by atoms with Crippen LogP contribution in [-0.4, -0.2) is 28.9 Å². The quantitative estimate of drug-likeness (QED) is 0.639. The monoisotopic (exact) mass is 344 g/mol. The van der Waals surface area contributed by atoms with Crippen LogP contribution in [0.15, 0.2) is 28.8 Å². The fourth-order valence-corrected chi connectivity index (χ4v) is 2.35. The number of benzene rings is 1. The molecule has 0 unspecified atom stereocenters. The number of rotatable bonds is 6. The number of nitrogens with zero attached hydrogens (tertiary/aromatic N) is 1. The molecule has 0 aliphatic heterocycles. The normalized spacial score (nSPS) is 11.7. The molecule has 7 heteroatoms. The van der Waals surface area contributed by atoms with Crippen LogP contribution in [0.2, 0.25) is 0 Å². The van der Waals surface area contributed by atoms with Crippen molar-refractivity contribution in [1.82, 2.24) is 5.16 Å². The third-order valence-corrected chi connectivity index (χ3v) is 3.62. The number of nitrogens with one attached hydrogen (secondary N) is 1. The first-order chi connectivity index (χ1) is 11.8. The zero-order chi connectivity index (χ0) is 18.6. The van der Waals surface area contributed by atoms with Crippen molar-refractivity contribution in [2.75, 3.05) is 5.32 Å². The minimum absolute atomic E-state index is 0.197. The van der Waals surface area contributed by atoms with E-state index in [0.29, 0.717) is 29.1 Å². The highest BCUT2D eigenvalue weighted by Gasteiger charge is 2.25. The summed E-state index contributed by atoms with van der Waals surface area (Å²) in [4.78, 5) is 35.7. The lowest BCUT2D eigenvalue weighted by atomic mass is 10.1. The van der Waals surface area contributed by atoms with E-state index in [-0.39, 0.29) is 17.3 Å². The van der Waals surface area contributed by atoms with E-state index in [1.807, 2.05) is 6.92 Å². The highest BCUT2D eigenvalue weighted by molar-refractivity contribution is 6.02. The number of hydrogen-bond donors (Lipinski definition) is 1. The highest BCUT2D eigenvalue weighted by Crippen LogP contribution is 2.18. The molecule has 0 fully saturated rings. The molecule has 2 rings (SSSR count). The summed E-state index contributed by atoms with van der Waals surface area (Å²) in [7, 11) is 0. The molecule has 1 aromatic heterocycles. The van der Waals surface area contributed by atoms with Crippen molar-refractivity contribution in [2.45, 2.75) is 40.2 Å². The Labute approximate surface area is 145 Å². The van der Waals surface area contributed by atoms with Crippen LogP contribution in [0.4, 0.5) is 5.69 Å². The number of esters is 1. The summed E-state index contributed by atoms with van der Waals surface area (Å²) in [6, 6.07) is 6.37. The van der Waals surface area contributed by atoms with E-state index in [1.165, 1.54) is 13.8 Å². The number of aromatic nitrogens is 1. The van der Waals surface area contributed by atoms with Crippen LogP contribution in [-0.2, 0) is 16.0 Å². The molecule has 0 spiro atoms. The van der Waals surface area contributed by atoms with Crippen molar-refractivity contribution in [1.29, 1.82) is 0 Å². The molecule has 0 radical (unpaired) electrons. The Bertz CT molecular complexity index is 792. The predicted molar refractivity (Wildman–Crippen MR) is 90.6 cm³/mol. The number of ether oxygens (including phenoxy) is 1. The first-order valence-corrected chi connectivity index (χ1v) is 7.91. The van der Waals surface area contributed by atoms with Gasteiger partial charge in [0.1, 0.15) is 11.3 Å². The van der Waals surface area contributed by atoms with E-state index in [0.717, 1.165) is 0 Å². The molecular formula is C18H20N2O5. The second kappa shape index (κ2) is 7.74. The third-order valence-electron chi connectivity index (χ3n) is 3.62. The Morgan fingerprint density at radius 2 is 1.88 bits per heavy atom. The predicted octanol–water partition coefficient (Wildman–Crippen LogP) is 2.93. The molecule has 0 saturated heterocycles. The van der Waals surface area contributed by atoms with Gasteiger partial charge >= 0.3 is 5.97 Å². The zero-order valence-corrected chi connectivity index (χ0v) is 14.6. The maximum atomic E-state index is 12.4. The number of aryl methyl sites for hydroxylation is 2. The summed E-state index contributed by atoms with van der Waals surface area (Å²) in [6.45, 7) is 6.38. The molecule has 0 aliphatic rings. The minimum Gasteiger partial charge on any atom is -0.451 e. The molecule has 132 valence electrons. The average Bonchev–Trinajstić information content (AvgIpc) is 2.95. The van der Waals surface area contributed by atoms with Gasteiger partial charge in [-0.2, -0.15) is 0 Å². The fourth-order valence-electron chi connectivity index (χ4n) is 2.35. The summed E-state index contributed by atoms with van der Waals surface area (Å²) >= 11 is 0. The average molecular weight is 344 g/mol. The number of carbonyl (C=O) groups excluding carboxylic acids is 3. The molecule has 1 N–H and O–H groups in total. The van der Waals surface area contributed by atoms with Gasteiger partial charge in [-0.25, -0.2) is 4.79 Å². The van der Waals surface area contributed by atoms with E-state index in [9.17, 15) is 14.4 Å². The van der Waals surface area contributed by atoms with Gasteiger partial charge in [0.15, 0.2) is 6.10 Å². The number of amides is 1. The van der Waals surface area contributed by atoms with Gasteiger partial charge in [-0.3, -0.25) is 9.59 Å². The molecule has 1 heterocycles. The lowest BCUT2D eigenvalue weighted by molar-refractivity contribution is -0.114. The van der Waals surface area contributed by atoms with E-state index >= 15 is 0 Å². The molecule has 0 aliphatic carbocycles. The maximum Gasteiger partial charge on any atom is 0.344 e. The Kier molecular flexibility index (Phi) is 5.69. The number of Topliss-reactive ketones (excluding diaryl/α,β-unsaturated/α-hetero) is 1. The maximum absolute atomic E-state index is 12.4. The first kappa shape index (κ1) is 18.4. The molecule has 25 heavy (non-hydrogen) atoms. The van der Waals surface area contributed by atoms with Gasteiger partial charge in [0, 0.05) is 18.2 Å². The van der Waals surface area contributed by atoms with Gasteiger partial charge < -0.3 is 14.6 Å². The van der Waals surface area contributed by atoms with Crippen LogP contribution in [0.5, 0.6) is 0 Å². The second-order valence-electron chi connectivity index (χ2n) is 5.58. The molecule has 1 amide bonds. The molecule has 7 nitrogen and oxygen atoms in total. The Hall–Kier alpha value is -2.96. The summed E-state index contributed by atoms with van der Waals surface area (Å²) in [5.41, 5.74) is 1.73. The number of hydrogen-bond acceptors (Lipinski definition) is 6. The zero-order valence-electron chi connectivity index (χ0n) is 14.6. The lowest BCUT2D eigenvalue weighted by Crippen LogP contribution is -2.25. The van der Waals surface area contributed by atoms with Crippen LogP contribution in [0, 0.1) is 6.92 Å². The van der Waals surface area contributed by atoms with Crippen molar-refractivity contribution in [3.8, 4) is 0 Å². The van der Waals surface area contributed by atoms with Gasteiger partial charge in [-0.1, -0.05) is 12.1 Å². The second-order valence-corrected chi connectivity index (χ2v) is 5.58. The van der Waals surface area contributed by atoms with Crippen LogP contribution >= 0.6 is 0 Å². The summed E-state index contributed by atoms with van der Waals surface area (Å²) in [5, 5.41) is 6.42. The first-order valence-electron chi connectivity index (χ1n) is 7.91. The van der Waals surface area contributed by atoms with Gasteiger partial charge in [-0.05, 0) is 44.5 Å². The van der Waals surface area contributed by atoms with Gasteiger partial charge in [-0.15, -0.1) is 0 Å². The van der Waals surface area contributed by atoms with Crippen LogP contribution in [0.3, 0.4) is 0 Å². The van der Waals surface area contributed by atoms with E-state index in [1.54, 1.807) is 31.2 Å². The van der Waals surface area contributed by atoms with Crippen molar-refractivity contribution >= 4 is 23.3 Å². The molecule has 1 aromatic carbocycles. The minimum atomic E-state index is -0.960. The van der Waals surface area contributed by atoms with Gasteiger partial charge in [0.2, 0.25) is 11.7 Å². The van der Waals surface area contributed by atoms with Crippen LogP contribution in [0.1, 0.15) is 52.9 Å². The van der Waals surface area contributed by atoms with E-state index in [4.69, 9.17) is 9.26 Å². The number of anilines is 1. The Morgan fingerprint density at radius 3 is 2.44 bits per heavy atom. The van der Waals surface area contributed by atoms with Crippen LogP contribution in [0.25, 0.3) is 0 Å². The van der Waals surface area contributed by atoms with Crippen molar-refractivity contribution in [3.05, 3.63) is 46.8 Å². The molecule has 2 aromatic rings. The van der Waals surface area contributed by atoms with Crippen LogP contribution < -0.4 is 5.32 Å². The third kappa shape index (κ3) is 4.32. The van der Waals surface area contributed by atoms with Gasteiger partial charge in [0.05, 0.1) is 5.69 Å². The summed E-state index contributed by atoms with van der Waals surface area (Å²) in [6.07, 6.45) is -0.438. The van der Waals surface area contributed by atoms with Crippen molar-refractivity contribution in [3.63, 3.8) is 0 Å². The smallest absolute Gasteiger partial charge is 0.344 e. The molecule has 0 saturated carbocycles. The van der Waals surface area contributed by atoms with E-state index in [2.05, 4.69) is 10.5 Å². The molecular weight excluding hydrogens is 324 g/mol. The Balaban J connectivity index is 2.08. The summed E-state index contributed by atoms with van der Waals surface area (Å²) in [5.74, 6) is -0.806. The number of ketones is 1. The van der Waals surface area contributed by atoms with Crippen molar-refractivity contribution in [2.24, 2.45) is 0 Å². The standard InChI is InChI=1S/C18H20N2O5/c1-5-15-16(10(2)25-20-15)18(23)24-11(3)17(22)13-6-8-14(9-7-13)19-12(4)21/h6-9,11H,5H2,1-4H3,(H,19,21)/t11-/m1/s1. The SMILES string of the molecule is CCc1noc(C)c1C(=O)O[C@H](C)C(=O)c1ccc(NC(C)=O)cc1. The fraction of sp³-hybridized carbons (Fsp3) is 0.333. The molecule has 0 bridgehead atoms. The lowest BCUT2D eigenvalue weighted by Gasteiger charge is -2.13. The van der Waals surface area contributed by atoms with Crippen molar-refractivity contribution < 1.29 is 23.6 Å². The topological polar surface area (TPSA) is 98.5 Å². The summed E-state index contributed by atoms with van der Waals surface area (Å²) < 4.78 is 10.3. The highest BCUT2D eigenvalue weighted by atomic mass is 16.5. The largest absolute Gasteiger partial charge is 0.451 e. The molecule has 1 atom stereocenters. The number of carbonyl (C=O) groups is 3. The van der Waals surface area contributed by atoms with E-state index < -0.39 is 12.1 Å². The van der Waals surface area contributed by atoms with Gasteiger partial charge in [0.25, 0.3) is 0 Å².